The van der Waals surface area contributed by atoms with Gasteiger partial charge in [-0.3, -0.25) is 9.89 Å². The van der Waals surface area contributed by atoms with Crippen molar-refractivity contribution in [2.45, 2.75) is 12.6 Å². The van der Waals surface area contributed by atoms with Crippen LogP contribution in [0.25, 0.3) is 0 Å². The summed E-state index contributed by atoms with van der Waals surface area (Å²) in [6.07, 6.45) is 3.65. The second-order valence-electron chi connectivity index (χ2n) is 5.50. The summed E-state index contributed by atoms with van der Waals surface area (Å²) in [4.78, 5) is 14.0. The molecule has 1 aliphatic rings. The predicted octanol–water partition coefficient (Wildman–Crippen LogP) is 2.02. The van der Waals surface area contributed by atoms with E-state index >= 15 is 0 Å². The van der Waals surface area contributed by atoms with Gasteiger partial charge in [0.2, 0.25) is 0 Å². The van der Waals surface area contributed by atoms with Crippen LogP contribution in [0.3, 0.4) is 0 Å². The van der Waals surface area contributed by atoms with Gasteiger partial charge in [-0.2, -0.15) is 5.10 Å². The van der Waals surface area contributed by atoms with E-state index in [4.69, 9.17) is 21.1 Å². The highest BCUT2D eigenvalue weighted by Crippen LogP contribution is 2.29. The van der Waals surface area contributed by atoms with Crippen molar-refractivity contribution in [2.24, 2.45) is 0 Å². The molecule has 0 saturated carbocycles. The quantitative estimate of drug-likeness (QED) is 0.767. The van der Waals surface area contributed by atoms with Crippen molar-refractivity contribution < 1.29 is 19.4 Å². The Morgan fingerprint density at radius 3 is 3.04 bits per heavy atom. The molecule has 1 aliphatic heterocycles. The highest BCUT2D eigenvalue weighted by Gasteiger charge is 2.26. The summed E-state index contributed by atoms with van der Waals surface area (Å²) in [6, 6.07) is 6.45. The van der Waals surface area contributed by atoms with E-state index in [0.29, 0.717) is 28.8 Å². The minimum atomic E-state index is -0.304. The van der Waals surface area contributed by atoms with Gasteiger partial charge in [-0.05, 0) is 18.2 Å². The summed E-state index contributed by atoms with van der Waals surface area (Å²) in [5.41, 5.74) is 0.921. The normalized spacial score (nSPS) is 16.3. The molecule has 1 aromatic carbocycles. The second-order valence-corrected chi connectivity index (χ2v) is 5.91. The zero-order valence-corrected chi connectivity index (χ0v) is 14.4. The van der Waals surface area contributed by atoms with Gasteiger partial charge in [-0.15, -0.1) is 0 Å². The summed E-state index contributed by atoms with van der Waals surface area (Å²) in [5, 5.41) is 16.5. The number of hydrogen-bond acceptors (Lipinski definition) is 5. The number of carbonyl (C=O) groups is 1. The summed E-state index contributed by atoms with van der Waals surface area (Å²) in [7, 11) is 1.56. The third-order valence-corrected chi connectivity index (χ3v) is 4.18. The molecule has 1 aromatic heterocycles. The Balaban J connectivity index is 1.63. The Labute approximate surface area is 149 Å². The summed E-state index contributed by atoms with van der Waals surface area (Å²) in [5.74, 6) is 0.910. The number of hydrogen-bond donors (Lipinski definition) is 2. The molecule has 7 nitrogen and oxygen atoms in total. The first-order valence-electron chi connectivity index (χ1n) is 7.71. The van der Waals surface area contributed by atoms with Crippen molar-refractivity contribution >= 4 is 17.5 Å². The number of halogens is 1. The monoisotopic (exact) mass is 363 g/mol. The minimum Gasteiger partial charge on any atom is -0.497 e. The van der Waals surface area contributed by atoms with E-state index in [1.165, 1.54) is 0 Å². The topological polar surface area (TPSA) is 87.7 Å². The zero-order valence-electron chi connectivity index (χ0n) is 13.6. The van der Waals surface area contributed by atoms with Crippen molar-refractivity contribution in [2.75, 3.05) is 20.3 Å². The minimum absolute atomic E-state index is 0.113. The fraction of sp³-hybridized carbons (Fsp3) is 0.294. The number of H-pyrrole nitrogens is 1. The first kappa shape index (κ1) is 17.3. The van der Waals surface area contributed by atoms with E-state index in [1.807, 2.05) is 6.08 Å². The fourth-order valence-corrected chi connectivity index (χ4v) is 2.76. The van der Waals surface area contributed by atoms with Gasteiger partial charge in [-0.25, -0.2) is 0 Å². The lowest BCUT2D eigenvalue weighted by Crippen LogP contribution is -2.38. The number of aromatic nitrogens is 2. The molecule has 1 amide bonds. The van der Waals surface area contributed by atoms with E-state index in [9.17, 15) is 9.90 Å². The number of nitrogens with one attached hydrogen (secondary N) is 1. The van der Waals surface area contributed by atoms with Crippen LogP contribution in [0.1, 0.15) is 16.2 Å². The molecule has 3 rings (SSSR count). The average Bonchev–Trinajstić information content (AvgIpc) is 3.29. The molecule has 25 heavy (non-hydrogen) atoms. The van der Waals surface area contributed by atoms with Crippen LogP contribution in [0.5, 0.6) is 11.5 Å². The Hall–Kier alpha value is -2.51. The second kappa shape index (κ2) is 7.58. The van der Waals surface area contributed by atoms with Crippen LogP contribution in [-0.2, 0) is 6.61 Å². The van der Waals surface area contributed by atoms with Crippen LogP contribution in [0.2, 0.25) is 5.02 Å². The number of aliphatic hydroxyl groups excluding tert-OH is 1. The number of ether oxygens (including phenoxy) is 2. The Morgan fingerprint density at radius 1 is 1.48 bits per heavy atom. The number of aromatic amines is 1. The van der Waals surface area contributed by atoms with Crippen LogP contribution < -0.4 is 9.47 Å². The third-order valence-electron chi connectivity index (χ3n) is 3.88. The average molecular weight is 364 g/mol. The SMILES string of the molecule is COc1ccc(OCc2cc(C(=O)N3CC=C[C@@H]3CO)n[nH]2)c(Cl)c1. The van der Waals surface area contributed by atoms with Crippen LogP contribution >= 0.6 is 11.6 Å². The number of rotatable bonds is 6. The fourth-order valence-electron chi connectivity index (χ4n) is 2.54. The van der Waals surface area contributed by atoms with Crippen LogP contribution in [-0.4, -0.2) is 52.4 Å². The molecule has 132 valence electrons. The van der Waals surface area contributed by atoms with Gasteiger partial charge in [-0.1, -0.05) is 23.8 Å². The highest BCUT2D eigenvalue weighted by atomic mass is 35.5. The molecule has 0 aliphatic carbocycles. The van der Waals surface area contributed by atoms with Gasteiger partial charge in [0.1, 0.15) is 18.1 Å². The van der Waals surface area contributed by atoms with Gasteiger partial charge in [0, 0.05) is 12.6 Å². The molecular formula is C17H18ClN3O4. The first-order chi connectivity index (χ1) is 12.1. The number of carbonyl (C=O) groups excluding carboxylic acids is 1. The van der Waals surface area contributed by atoms with Gasteiger partial charge in [0.25, 0.3) is 5.91 Å². The molecule has 1 atom stereocenters. The van der Waals surface area contributed by atoms with E-state index in [0.717, 1.165) is 0 Å². The number of benzene rings is 1. The number of aliphatic hydroxyl groups is 1. The molecule has 0 saturated heterocycles. The molecule has 0 unspecified atom stereocenters. The van der Waals surface area contributed by atoms with Crippen molar-refractivity contribution in [1.29, 1.82) is 0 Å². The van der Waals surface area contributed by atoms with Gasteiger partial charge < -0.3 is 19.5 Å². The molecule has 2 aromatic rings. The maximum absolute atomic E-state index is 12.4. The van der Waals surface area contributed by atoms with Gasteiger partial charge >= 0.3 is 0 Å². The lowest BCUT2D eigenvalue weighted by atomic mass is 10.2. The number of nitrogens with zero attached hydrogens (tertiary/aromatic N) is 2. The molecule has 2 heterocycles. The van der Waals surface area contributed by atoms with Crippen LogP contribution in [0, 0.1) is 0 Å². The van der Waals surface area contributed by atoms with E-state index in [-0.39, 0.29) is 30.9 Å². The molecule has 0 fully saturated rings. The number of amides is 1. The Morgan fingerprint density at radius 2 is 2.32 bits per heavy atom. The smallest absolute Gasteiger partial charge is 0.275 e. The standard InChI is InChI=1S/C17H18ClN3O4/c1-24-13-4-5-16(14(18)8-13)25-10-11-7-15(20-19-11)17(23)21-6-2-3-12(21)9-22/h2-5,7-8,12,22H,6,9-10H2,1H3,(H,19,20)/t12-/m1/s1. The lowest BCUT2D eigenvalue weighted by molar-refractivity contribution is 0.0694. The maximum atomic E-state index is 12.4. The zero-order chi connectivity index (χ0) is 17.8. The predicted molar refractivity (Wildman–Crippen MR) is 92.0 cm³/mol. The van der Waals surface area contributed by atoms with E-state index in [2.05, 4.69) is 10.2 Å². The molecule has 0 spiro atoms. The molecule has 0 bridgehead atoms. The Kier molecular flexibility index (Phi) is 5.25. The molecule has 0 radical (unpaired) electrons. The van der Waals surface area contributed by atoms with Crippen molar-refractivity contribution in [3.63, 3.8) is 0 Å². The van der Waals surface area contributed by atoms with Crippen molar-refractivity contribution in [3.8, 4) is 11.5 Å². The molecular weight excluding hydrogens is 346 g/mol. The van der Waals surface area contributed by atoms with E-state index in [1.54, 1.807) is 42.4 Å². The third kappa shape index (κ3) is 3.78. The summed E-state index contributed by atoms with van der Waals surface area (Å²) >= 11 is 6.13. The summed E-state index contributed by atoms with van der Waals surface area (Å²) < 4.78 is 10.7. The van der Waals surface area contributed by atoms with Crippen molar-refractivity contribution in [1.82, 2.24) is 15.1 Å². The molecule has 8 heteroatoms. The number of methoxy groups -OCH3 is 1. The lowest BCUT2D eigenvalue weighted by Gasteiger charge is -2.21. The van der Waals surface area contributed by atoms with Crippen LogP contribution in [0.15, 0.2) is 36.4 Å². The van der Waals surface area contributed by atoms with Gasteiger partial charge in [0.15, 0.2) is 5.69 Å². The largest absolute Gasteiger partial charge is 0.497 e. The van der Waals surface area contributed by atoms with E-state index < -0.39 is 0 Å². The van der Waals surface area contributed by atoms with Crippen molar-refractivity contribution in [3.05, 3.63) is 52.8 Å². The molecule has 2 N–H and O–H groups in total. The summed E-state index contributed by atoms with van der Waals surface area (Å²) in [6.45, 7) is 0.539. The first-order valence-corrected chi connectivity index (χ1v) is 8.09. The maximum Gasteiger partial charge on any atom is 0.275 e. The van der Waals surface area contributed by atoms with Gasteiger partial charge in [0.05, 0.1) is 30.5 Å². The Bertz CT molecular complexity index is 790. The highest BCUT2D eigenvalue weighted by molar-refractivity contribution is 6.32. The van der Waals surface area contributed by atoms with Crippen LogP contribution in [0.4, 0.5) is 0 Å².